The molecule has 2 N–H and O–H groups in total. The first-order valence-corrected chi connectivity index (χ1v) is 6.52. The number of ether oxygens (including phenoxy) is 1. The lowest BCUT2D eigenvalue weighted by atomic mass is 9.81. The molecule has 0 aliphatic carbocycles. The summed E-state index contributed by atoms with van der Waals surface area (Å²) in [5, 5.41) is 0.523. The SMILES string of the molecule is NC1=N[C@@]2(c3ccccc3F)COC[C@H]2CS1. The molecule has 1 saturated heterocycles. The van der Waals surface area contributed by atoms with Crippen molar-refractivity contribution in [2.24, 2.45) is 16.6 Å². The number of nitrogens with two attached hydrogens (primary N) is 1. The monoisotopic (exact) mass is 252 g/mol. The van der Waals surface area contributed by atoms with Crippen molar-refractivity contribution < 1.29 is 9.13 Å². The van der Waals surface area contributed by atoms with E-state index in [4.69, 9.17) is 10.5 Å². The zero-order valence-corrected chi connectivity index (χ0v) is 10.0. The Labute approximate surface area is 103 Å². The lowest BCUT2D eigenvalue weighted by Crippen LogP contribution is -2.40. The van der Waals surface area contributed by atoms with Crippen molar-refractivity contribution >= 4 is 16.9 Å². The molecule has 1 aromatic carbocycles. The van der Waals surface area contributed by atoms with Gasteiger partial charge in [-0.15, -0.1) is 0 Å². The van der Waals surface area contributed by atoms with Crippen molar-refractivity contribution in [2.45, 2.75) is 5.54 Å². The van der Waals surface area contributed by atoms with E-state index in [-0.39, 0.29) is 11.7 Å². The lowest BCUT2D eigenvalue weighted by molar-refractivity contribution is 0.176. The second kappa shape index (κ2) is 3.99. The fraction of sp³-hybridized carbons (Fsp3) is 0.417. The van der Waals surface area contributed by atoms with Crippen molar-refractivity contribution in [3.8, 4) is 0 Å². The molecule has 0 bridgehead atoms. The number of fused-ring (bicyclic) bond motifs is 1. The lowest BCUT2D eigenvalue weighted by Gasteiger charge is -2.34. The summed E-state index contributed by atoms with van der Waals surface area (Å²) in [5.41, 5.74) is 5.79. The van der Waals surface area contributed by atoms with E-state index in [0.29, 0.717) is 23.9 Å². The van der Waals surface area contributed by atoms with Gasteiger partial charge in [0.15, 0.2) is 5.17 Å². The van der Waals surface area contributed by atoms with Crippen LogP contribution in [0.1, 0.15) is 5.56 Å². The van der Waals surface area contributed by atoms with E-state index >= 15 is 0 Å². The van der Waals surface area contributed by atoms with E-state index in [1.807, 2.05) is 6.07 Å². The van der Waals surface area contributed by atoms with Gasteiger partial charge in [0.05, 0.1) is 13.2 Å². The molecule has 0 radical (unpaired) electrons. The number of rotatable bonds is 1. The highest BCUT2D eigenvalue weighted by Gasteiger charge is 2.49. The van der Waals surface area contributed by atoms with Crippen LogP contribution in [0, 0.1) is 11.7 Å². The van der Waals surface area contributed by atoms with Crippen LogP contribution in [0.4, 0.5) is 4.39 Å². The van der Waals surface area contributed by atoms with Crippen LogP contribution < -0.4 is 5.73 Å². The molecule has 0 aromatic heterocycles. The predicted molar refractivity (Wildman–Crippen MR) is 66.5 cm³/mol. The Hall–Kier alpha value is -1.07. The van der Waals surface area contributed by atoms with Gasteiger partial charge in [-0.1, -0.05) is 30.0 Å². The molecule has 0 saturated carbocycles. The Kier molecular flexibility index (Phi) is 2.60. The average Bonchev–Trinajstić information content (AvgIpc) is 2.73. The van der Waals surface area contributed by atoms with Gasteiger partial charge in [-0.2, -0.15) is 0 Å². The van der Waals surface area contributed by atoms with Gasteiger partial charge in [-0.25, -0.2) is 9.38 Å². The first kappa shape index (κ1) is 11.0. The number of halogens is 1. The van der Waals surface area contributed by atoms with Crippen molar-refractivity contribution in [2.75, 3.05) is 19.0 Å². The Morgan fingerprint density at radius 1 is 1.47 bits per heavy atom. The fourth-order valence-electron chi connectivity index (χ4n) is 2.51. The minimum Gasteiger partial charge on any atom is -0.379 e. The summed E-state index contributed by atoms with van der Waals surface area (Å²) in [6.45, 7) is 1.04. The molecule has 0 spiro atoms. The van der Waals surface area contributed by atoms with E-state index in [9.17, 15) is 4.39 Å². The summed E-state index contributed by atoms with van der Waals surface area (Å²) in [7, 11) is 0. The summed E-state index contributed by atoms with van der Waals surface area (Å²) >= 11 is 1.52. The van der Waals surface area contributed by atoms with Gasteiger partial charge in [0, 0.05) is 17.2 Å². The number of benzene rings is 1. The van der Waals surface area contributed by atoms with Gasteiger partial charge < -0.3 is 10.5 Å². The Bertz CT molecular complexity index is 479. The summed E-state index contributed by atoms with van der Waals surface area (Å²) in [5.74, 6) is 0.812. The topological polar surface area (TPSA) is 47.6 Å². The standard InChI is InChI=1S/C12H13FN2OS/c13-10-4-2-1-3-9(10)12-7-16-5-8(12)6-17-11(14)15-12/h1-4,8H,5-7H2,(H2,14,15)/t8-,12-/m0/s1. The molecule has 3 rings (SSSR count). The molecule has 0 amide bonds. The minimum absolute atomic E-state index is 0.205. The van der Waals surface area contributed by atoms with Gasteiger partial charge >= 0.3 is 0 Å². The van der Waals surface area contributed by atoms with E-state index in [1.54, 1.807) is 12.1 Å². The Morgan fingerprint density at radius 3 is 3.12 bits per heavy atom. The minimum atomic E-state index is -0.610. The van der Waals surface area contributed by atoms with E-state index in [2.05, 4.69) is 4.99 Å². The molecular formula is C12H13FN2OS. The third-order valence-corrected chi connectivity index (χ3v) is 4.35. The van der Waals surface area contributed by atoms with Crippen molar-refractivity contribution in [1.29, 1.82) is 0 Å². The third-order valence-electron chi connectivity index (χ3n) is 3.40. The molecule has 2 atom stereocenters. The van der Waals surface area contributed by atoms with Gasteiger partial charge in [0.2, 0.25) is 0 Å². The second-order valence-corrected chi connectivity index (χ2v) is 5.42. The molecular weight excluding hydrogens is 239 g/mol. The highest BCUT2D eigenvalue weighted by molar-refractivity contribution is 8.13. The number of hydrogen-bond acceptors (Lipinski definition) is 4. The molecule has 1 fully saturated rings. The van der Waals surface area contributed by atoms with Crippen molar-refractivity contribution in [3.63, 3.8) is 0 Å². The smallest absolute Gasteiger partial charge is 0.154 e. The van der Waals surface area contributed by atoms with Gasteiger partial charge in [0.25, 0.3) is 0 Å². The van der Waals surface area contributed by atoms with Gasteiger partial charge in [-0.3, -0.25) is 0 Å². The predicted octanol–water partition coefficient (Wildman–Crippen LogP) is 1.73. The van der Waals surface area contributed by atoms with Gasteiger partial charge in [-0.05, 0) is 6.07 Å². The van der Waals surface area contributed by atoms with E-state index < -0.39 is 5.54 Å². The quantitative estimate of drug-likeness (QED) is 0.828. The van der Waals surface area contributed by atoms with Crippen LogP contribution in [-0.2, 0) is 10.3 Å². The summed E-state index contributed by atoms with van der Waals surface area (Å²) in [6, 6.07) is 6.76. The van der Waals surface area contributed by atoms with E-state index in [1.165, 1.54) is 17.8 Å². The third kappa shape index (κ3) is 1.65. The normalized spacial score (nSPS) is 32.1. The van der Waals surface area contributed by atoms with Crippen LogP contribution in [0.2, 0.25) is 0 Å². The molecule has 3 nitrogen and oxygen atoms in total. The maximum atomic E-state index is 14.0. The van der Waals surface area contributed by atoms with Crippen molar-refractivity contribution in [3.05, 3.63) is 35.6 Å². The number of nitrogens with zero attached hydrogens (tertiary/aromatic N) is 1. The number of hydrogen-bond donors (Lipinski definition) is 1. The highest BCUT2D eigenvalue weighted by atomic mass is 32.2. The van der Waals surface area contributed by atoms with Crippen LogP contribution in [0.15, 0.2) is 29.3 Å². The van der Waals surface area contributed by atoms with Crippen LogP contribution in [0.3, 0.4) is 0 Å². The molecule has 0 unspecified atom stereocenters. The number of aliphatic imine (C=N–C) groups is 1. The van der Waals surface area contributed by atoms with Crippen LogP contribution in [0.25, 0.3) is 0 Å². The number of thioether (sulfide) groups is 1. The molecule has 2 aliphatic rings. The summed E-state index contributed by atoms with van der Waals surface area (Å²) in [6.07, 6.45) is 0. The number of amidine groups is 1. The van der Waals surface area contributed by atoms with Crippen LogP contribution in [-0.4, -0.2) is 24.1 Å². The maximum absolute atomic E-state index is 14.0. The highest BCUT2D eigenvalue weighted by Crippen LogP contribution is 2.44. The van der Waals surface area contributed by atoms with Crippen LogP contribution >= 0.6 is 11.8 Å². The molecule has 2 heterocycles. The molecule has 5 heteroatoms. The van der Waals surface area contributed by atoms with Gasteiger partial charge in [0.1, 0.15) is 11.4 Å². The maximum Gasteiger partial charge on any atom is 0.154 e. The molecule has 17 heavy (non-hydrogen) atoms. The first-order valence-electron chi connectivity index (χ1n) is 5.53. The first-order chi connectivity index (χ1) is 8.22. The fourth-order valence-corrected chi connectivity index (χ4v) is 3.48. The second-order valence-electron chi connectivity index (χ2n) is 4.38. The zero-order valence-electron chi connectivity index (χ0n) is 9.23. The molecule has 90 valence electrons. The summed E-state index contributed by atoms with van der Waals surface area (Å²) in [4.78, 5) is 4.50. The van der Waals surface area contributed by atoms with Crippen LogP contribution in [0.5, 0.6) is 0 Å². The Morgan fingerprint density at radius 2 is 2.29 bits per heavy atom. The zero-order chi connectivity index (χ0) is 11.9. The van der Waals surface area contributed by atoms with E-state index in [0.717, 1.165) is 5.75 Å². The summed E-state index contributed by atoms with van der Waals surface area (Å²) < 4.78 is 19.5. The van der Waals surface area contributed by atoms with Crippen molar-refractivity contribution in [1.82, 2.24) is 0 Å². The average molecular weight is 252 g/mol. The molecule has 1 aromatic rings. The largest absolute Gasteiger partial charge is 0.379 e. The molecule has 2 aliphatic heterocycles. The Balaban J connectivity index is 2.15.